The van der Waals surface area contributed by atoms with E-state index in [0.717, 1.165) is 0 Å². The van der Waals surface area contributed by atoms with E-state index in [4.69, 9.17) is 0 Å². The molecule has 0 saturated carbocycles. The molecular formula is C24H52IP. The summed E-state index contributed by atoms with van der Waals surface area (Å²) in [6.07, 6.45) is 29.7. The molecule has 0 saturated heterocycles. The number of hydrogen-bond donors (Lipinski definition) is 0. The molecule has 0 aliphatic rings. The Balaban J connectivity index is 4.65. The zero-order chi connectivity index (χ0) is 19.6. The van der Waals surface area contributed by atoms with Crippen LogP contribution < -0.4 is 0 Å². The summed E-state index contributed by atoms with van der Waals surface area (Å²) in [7, 11) is 0. The fourth-order valence-corrected chi connectivity index (χ4v) is 14.0. The van der Waals surface area contributed by atoms with E-state index >= 15 is 0 Å². The van der Waals surface area contributed by atoms with Crippen molar-refractivity contribution in [3.63, 3.8) is 0 Å². The Morgan fingerprint density at radius 3 is 1.00 bits per heavy atom. The molecule has 0 spiro atoms. The van der Waals surface area contributed by atoms with Gasteiger partial charge in [-0.3, -0.25) is 0 Å². The molecule has 0 bridgehead atoms. The SMILES string of the molecule is CCCCCCCCP(I)(CCCC)(CCCC)CCCCCCCC. The monoisotopic (exact) mass is 498 g/mol. The van der Waals surface area contributed by atoms with Gasteiger partial charge in [-0.15, -0.1) is 0 Å². The third-order valence-electron chi connectivity index (χ3n) is 6.28. The Kier molecular flexibility index (Phi) is 17.8. The topological polar surface area (TPSA) is 0 Å². The van der Waals surface area contributed by atoms with Crippen LogP contribution in [0.2, 0.25) is 0 Å². The molecule has 0 nitrogen and oxygen atoms in total. The fraction of sp³-hybridized carbons (Fsp3) is 1.00. The van der Waals surface area contributed by atoms with Crippen molar-refractivity contribution >= 4 is 26.3 Å². The van der Waals surface area contributed by atoms with Gasteiger partial charge in [0, 0.05) is 0 Å². The maximum atomic E-state index is 3.12. The molecule has 0 amide bonds. The van der Waals surface area contributed by atoms with E-state index in [9.17, 15) is 0 Å². The Hall–Kier alpha value is 1.16. The molecule has 0 rings (SSSR count). The van der Waals surface area contributed by atoms with Crippen molar-refractivity contribution in [3.05, 3.63) is 0 Å². The molecule has 160 valence electrons. The summed E-state index contributed by atoms with van der Waals surface area (Å²) >= 11 is 3.12. The molecule has 26 heavy (non-hydrogen) atoms. The fourth-order valence-electron chi connectivity index (χ4n) is 4.35. The molecule has 0 aromatic carbocycles. The normalized spacial score (nSPS) is 13.7. The Labute approximate surface area is 180 Å². The molecule has 0 aromatic rings. The standard InChI is InChI=1S/C24H52IP/c1-5-9-13-15-17-19-23-26(25,21-11-7-3,22-12-8-4)24-20-18-16-14-10-6-2/h5-24H2,1-4H3. The molecule has 0 aliphatic carbocycles. The third kappa shape index (κ3) is 13.4. The minimum atomic E-state index is -1.49. The summed E-state index contributed by atoms with van der Waals surface area (Å²) in [5.41, 5.74) is 0. The van der Waals surface area contributed by atoms with Crippen LogP contribution in [0.1, 0.15) is 130 Å². The van der Waals surface area contributed by atoms with Gasteiger partial charge in [0.05, 0.1) is 0 Å². The van der Waals surface area contributed by atoms with Crippen LogP contribution in [0.5, 0.6) is 0 Å². The quantitative estimate of drug-likeness (QED) is 0.0890. The average molecular weight is 499 g/mol. The molecule has 0 atom stereocenters. The number of hydrogen-bond acceptors (Lipinski definition) is 0. The van der Waals surface area contributed by atoms with Crippen LogP contribution >= 0.6 is 26.3 Å². The van der Waals surface area contributed by atoms with Crippen LogP contribution in [-0.4, -0.2) is 24.6 Å². The van der Waals surface area contributed by atoms with Crippen LogP contribution in [0.15, 0.2) is 0 Å². The van der Waals surface area contributed by atoms with Crippen molar-refractivity contribution in [1.29, 1.82) is 0 Å². The Bertz CT molecular complexity index is 275. The second-order valence-corrected chi connectivity index (χ2v) is 22.6. The summed E-state index contributed by atoms with van der Waals surface area (Å²) in [6, 6.07) is 0. The van der Waals surface area contributed by atoms with E-state index in [1.54, 1.807) is 24.6 Å². The first-order chi connectivity index (χ1) is 12.5. The summed E-state index contributed by atoms with van der Waals surface area (Å²) < 4.78 is -1.49. The summed E-state index contributed by atoms with van der Waals surface area (Å²) in [5.74, 6) is 0. The maximum absolute atomic E-state index is 3.12. The van der Waals surface area contributed by atoms with Crippen LogP contribution in [0.3, 0.4) is 0 Å². The number of halogens is 1. The number of rotatable bonds is 20. The van der Waals surface area contributed by atoms with Gasteiger partial charge in [0.15, 0.2) is 0 Å². The second-order valence-electron chi connectivity index (χ2n) is 8.96. The molecule has 2 heteroatoms. The first-order valence-electron chi connectivity index (χ1n) is 12.3. The van der Waals surface area contributed by atoms with E-state index in [1.807, 2.05) is 0 Å². The molecule has 0 heterocycles. The molecule has 0 fully saturated rings. The first kappa shape index (κ1) is 27.2. The van der Waals surface area contributed by atoms with Gasteiger partial charge in [-0.05, 0) is 0 Å². The van der Waals surface area contributed by atoms with Gasteiger partial charge in [-0.2, -0.15) is 0 Å². The molecule has 0 unspecified atom stereocenters. The van der Waals surface area contributed by atoms with Gasteiger partial charge in [0.2, 0.25) is 0 Å². The zero-order valence-electron chi connectivity index (χ0n) is 19.0. The predicted molar refractivity (Wildman–Crippen MR) is 137 cm³/mol. The Morgan fingerprint density at radius 1 is 0.385 bits per heavy atom. The van der Waals surface area contributed by atoms with Crippen molar-refractivity contribution in [2.45, 2.75) is 130 Å². The molecule has 0 N–H and O–H groups in total. The van der Waals surface area contributed by atoms with E-state index in [2.05, 4.69) is 49.7 Å². The van der Waals surface area contributed by atoms with Gasteiger partial charge >= 0.3 is 181 Å². The van der Waals surface area contributed by atoms with Crippen molar-refractivity contribution < 1.29 is 0 Å². The van der Waals surface area contributed by atoms with Crippen molar-refractivity contribution in [1.82, 2.24) is 0 Å². The van der Waals surface area contributed by atoms with E-state index in [0.29, 0.717) is 0 Å². The van der Waals surface area contributed by atoms with Crippen LogP contribution in [-0.2, 0) is 0 Å². The predicted octanol–water partition coefficient (Wildman–Crippen LogP) is 10.2. The van der Waals surface area contributed by atoms with E-state index in [1.165, 1.54) is 103 Å². The van der Waals surface area contributed by atoms with Crippen LogP contribution in [0, 0.1) is 0 Å². The molecular weight excluding hydrogens is 446 g/mol. The number of unbranched alkanes of at least 4 members (excludes halogenated alkanes) is 12. The average Bonchev–Trinajstić information content (AvgIpc) is 2.65. The van der Waals surface area contributed by atoms with E-state index < -0.39 is 4.25 Å². The minimum absolute atomic E-state index is 1.37. The molecule has 0 radical (unpaired) electrons. The molecule has 0 aromatic heterocycles. The van der Waals surface area contributed by atoms with Gasteiger partial charge < -0.3 is 0 Å². The van der Waals surface area contributed by atoms with Crippen molar-refractivity contribution in [3.8, 4) is 0 Å². The van der Waals surface area contributed by atoms with Crippen LogP contribution in [0.4, 0.5) is 0 Å². The van der Waals surface area contributed by atoms with Gasteiger partial charge in [0.25, 0.3) is 0 Å². The van der Waals surface area contributed by atoms with Gasteiger partial charge in [-0.25, -0.2) is 0 Å². The van der Waals surface area contributed by atoms with Gasteiger partial charge in [-0.1, -0.05) is 0 Å². The summed E-state index contributed by atoms with van der Waals surface area (Å²) in [6.45, 7) is 9.45. The zero-order valence-corrected chi connectivity index (χ0v) is 22.0. The van der Waals surface area contributed by atoms with Crippen molar-refractivity contribution in [2.24, 2.45) is 0 Å². The van der Waals surface area contributed by atoms with E-state index in [-0.39, 0.29) is 0 Å². The van der Waals surface area contributed by atoms with Crippen LogP contribution in [0.25, 0.3) is 0 Å². The third-order valence-corrected chi connectivity index (χ3v) is 17.8. The van der Waals surface area contributed by atoms with Crippen molar-refractivity contribution in [2.75, 3.05) is 24.6 Å². The summed E-state index contributed by atoms with van der Waals surface area (Å²) in [4.78, 5) is 0. The van der Waals surface area contributed by atoms with Gasteiger partial charge in [0.1, 0.15) is 0 Å². The second kappa shape index (κ2) is 17.1. The first-order valence-corrected chi connectivity index (χ1v) is 18.0. The molecule has 0 aliphatic heterocycles. The Morgan fingerprint density at radius 2 is 0.654 bits per heavy atom. The summed E-state index contributed by atoms with van der Waals surface area (Å²) in [5, 5.41) is 0.